The van der Waals surface area contributed by atoms with Crippen molar-refractivity contribution in [3.63, 3.8) is 0 Å². The first kappa shape index (κ1) is 8.94. The zero-order valence-corrected chi connectivity index (χ0v) is 8.08. The van der Waals surface area contributed by atoms with Gasteiger partial charge in [0, 0.05) is 0 Å². The highest BCUT2D eigenvalue weighted by Gasteiger charge is 1.99. The van der Waals surface area contributed by atoms with Crippen LogP contribution in [0.2, 0.25) is 0 Å². The molecule has 2 aromatic rings. The first-order valence-electron chi connectivity index (χ1n) is 4.77. The molecule has 0 aliphatic carbocycles. The van der Waals surface area contributed by atoms with Crippen molar-refractivity contribution < 1.29 is 0 Å². The van der Waals surface area contributed by atoms with Gasteiger partial charge in [0.25, 0.3) is 5.56 Å². The van der Waals surface area contributed by atoms with Crippen molar-refractivity contribution in [1.82, 2.24) is 9.97 Å². The van der Waals surface area contributed by atoms with E-state index in [0.29, 0.717) is 5.39 Å². The zero-order chi connectivity index (χ0) is 9.97. The maximum absolute atomic E-state index is 11.4. The number of rotatable bonds is 2. The summed E-state index contributed by atoms with van der Waals surface area (Å²) in [5, 5.41) is 0.660. The molecule has 2 rings (SSSR count). The lowest BCUT2D eigenvalue weighted by Crippen LogP contribution is -2.06. The average Bonchev–Trinajstić information content (AvgIpc) is 2.18. The lowest BCUT2D eigenvalue weighted by atomic mass is 10.1. The number of hydrogen-bond acceptors (Lipinski definition) is 2. The number of aromatic nitrogens is 2. The Morgan fingerprint density at radius 1 is 1.43 bits per heavy atom. The van der Waals surface area contributed by atoms with E-state index in [4.69, 9.17) is 0 Å². The molecule has 0 amide bonds. The van der Waals surface area contributed by atoms with Gasteiger partial charge in [-0.15, -0.1) is 0 Å². The molecule has 14 heavy (non-hydrogen) atoms. The van der Waals surface area contributed by atoms with Crippen LogP contribution in [0.1, 0.15) is 18.9 Å². The summed E-state index contributed by atoms with van der Waals surface area (Å²) in [4.78, 5) is 18.0. The first-order chi connectivity index (χ1) is 6.81. The van der Waals surface area contributed by atoms with Crippen molar-refractivity contribution in [2.75, 3.05) is 0 Å². The number of aromatic amines is 1. The molecule has 0 spiro atoms. The summed E-state index contributed by atoms with van der Waals surface area (Å²) in [6.07, 6.45) is 3.58. The van der Waals surface area contributed by atoms with Crippen molar-refractivity contribution in [2.24, 2.45) is 0 Å². The molecule has 1 N–H and O–H groups in total. The molecule has 1 heterocycles. The molecule has 72 valence electrons. The van der Waals surface area contributed by atoms with Gasteiger partial charge in [-0.3, -0.25) is 4.79 Å². The molecule has 0 aliphatic rings. The van der Waals surface area contributed by atoms with Gasteiger partial charge < -0.3 is 4.98 Å². The Balaban J connectivity index is 2.61. The average molecular weight is 188 g/mol. The molecule has 0 atom stereocenters. The molecular weight excluding hydrogens is 176 g/mol. The maximum atomic E-state index is 11.4. The van der Waals surface area contributed by atoms with E-state index in [0.717, 1.165) is 18.4 Å². The van der Waals surface area contributed by atoms with E-state index in [9.17, 15) is 4.79 Å². The monoisotopic (exact) mass is 188 g/mol. The Hall–Kier alpha value is -1.64. The molecule has 0 unspecified atom stereocenters. The molecular formula is C11H12N2O. The summed E-state index contributed by atoms with van der Waals surface area (Å²) in [6, 6.07) is 5.81. The van der Waals surface area contributed by atoms with Crippen molar-refractivity contribution >= 4 is 10.9 Å². The van der Waals surface area contributed by atoms with Crippen molar-refractivity contribution in [3.8, 4) is 0 Å². The minimum Gasteiger partial charge on any atom is -0.313 e. The fraction of sp³-hybridized carbons (Fsp3) is 0.273. The second-order valence-corrected chi connectivity index (χ2v) is 3.33. The largest absolute Gasteiger partial charge is 0.313 e. The third-order valence-electron chi connectivity index (χ3n) is 2.24. The topological polar surface area (TPSA) is 45.8 Å². The third kappa shape index (κ3) is 1.53. The molecule has 0 fully saturated rings. The number of aryl methyl sites for hydroxylation is 1. The number of nitrogens with zero attached hydrogens (tertiary/aromatic N) is 1. The molecule has 3 heteroatoms. The van der Waals surface area contributed by atoms with E-state index in [-0.39, 0.29) is 5.56 Å². The highest BCUT2D eigenvalue weighted by molar-refractivity contribution is 5.77. The molecule has 0 saturated heterocycles. The Morgan fingerprint density at radius 3 is 3.07 bits per heavy atom. The van der Waals surface area contributed by atoms with E-state index in [1.165, 1.54) is 11.9 Å². The number of benzene rings is 1. The number of H-pyrrole nitrogens is 1. The first-order valence-corrected chi connectivity index (χ1v) is 4.77. The Labute approximate surface area is 81.8 Å². The van der Waals surface area contributed by atoms with Crippen LogP contribution in [0.3, 0.4) is 0 Å². The van der Waals surface area contributed by atoms with Gasteiger partial charge in [-0.2, -0.15) is 0 Å². The lowest BCUT2D eigenvalue weighted by Gasteiger charge is -1.99. The van der Waals surface area contributed by atoms with Gasteiger partial charge in [-0.25, -0.2) is 4.98 Å². The zero-order valence-electron chi connectivity index (χ0n) is 8.08. The molecule has 3 nitrogen and oxygen atoms in total. The second kappa shape index (κ2) is 3.62. The third-order valence-corrected chi connectivity index (χ3v) is 2.24. The van der Waals surface area contributed by atoms with Crippen LogP contribution in [-0.4, -0.2) is 9.97 Å². The summed E-state index contributed by atoms with van der Waals surface area (Å²) >= 11 is 0. The summed E-state index contributed by atoms with van der Waals surface area (Å²) in [6.45, 7) is 2.13. The SMILES string of the molecule is CCCc1ccc2c(=O)[nH]cnc2c1. The van der Waals surface area contributed by atoms with E-state index < -0.39 is 0 Å². The van der Waals surface area contributed by atoms with Crippen molar-refractivity contribution in [2.45, 2.75) is 19.8 Å². The highest BCUT2D eigenvalue weighted by Crippen LogP contribution is 2.10. The van der Waals surface area contributed by atoms with Crippen LogP contribution in [0.15, 0.2) is 29.3 Å². The summed E-state index contributed by atoms with van der Waals surface area (Å²) < 4.78 is 0. The van der Waals surface area contributed by atoms with Crippen LogP contribution in [0.25, 0.3) is 10.9 Å². The molecule has 1 aromatic heterocycles. The number of fused-ring (bicyclic) bond motifs is 1. The normalized spacial score (nSPS) is 10.6. The van der Waals surface area contributed by atoms with Gasteiger partial charge in [0.2, 0.25) is 0 Å². The predicted molar refractivity (Wildman–Crippen MR) is 56.4 cm³/mol. The lowest BCUT2D eigenvalue weighted by molar-refractivity contribution is 0.923. The molecule has 0 radical (unpaired) electrons. The van der Waals surface area contributed by atoms with Crippen LogP contribution in [0, 0.1) is 0 Å². The molecule has 1 aromatic carbocycles. The van der Waals surface area contributed by atoms with E-state index in [1.807, 2.05) is 18.2 Å². The van der Waals surface area contributed by atoms with Crippen LogP contribution >= 0.6 is 0 Å². The fourth-order valence-corrected chi connectivity index (χ4v) is 1.56. The Kier molecular flexibility index (Phi) is 2.31. The van der Waals surface area contributed by atoms with Gasteiger partial charge in [0.05, 0.1) is 17.2 Å². The van der Waals surface area contributed by atoms with Crippen molar-refractivity contribution in [3.05, 3.63) is 40.4 Å². The van der Waals surface area contributed by atoms with E-state index in [2.05, 4.69) is 16.9 Å². The number of nitrogens with one attached hydrogen (secondary N) is 1. The van der Waals surface area contributed by atoms with Gasteiger partial charge in [-0.05, 0) is 24.1 Å². The Bertz CT molecular complexity index is 502. The second-order valence-electron chi connectivity index (χ2n) is 3.33. The van der Waals surface area contributed by atoms with Crippen LogP contribution < -0.4 is 5.56 Å². The van der Waals surface area contributed by atoms with Gasteiger partial charge in [0.15, 0.2) is 0 Å². The summed E-state index contributed by atoms with van der Waals surface area (Å²) in [5.41, 5.74) is 1.94. The Morgan fingerprint density at radius 2 is 2.29 bits per heavy atom. The highest BCUT2D eigenvalue weighted by atomic mass is 16.1. The summed E-state index contributed by atoms with van der Waals surface area (Å²) in [5.74, 6) is 0. The van der Waals surface area contributed by atoms with E-state index >= 15 is 0 Å². The minimum absolute atomic E-state index is 0.0713. The standard InChI is InChI=1S/C11H12N2O/c1-2-3-8-4-5-9-10(6-8)12-7-13-11(9)14/h4-7H,2-3H2,1H3,(H,12,13,14). The molecule has 0 saturated carbocycles. The number of hydrogen-bond donors (Lipinski definition) is 1. The molecule has 0 aliphatic heterocycles. The minimum atomic E-state index is -0.0713. The van der Waals surface area contributed by atoms with Crippen LogP contribution in [0.5, 0.6) is 0 Å². The van der Waals surface area contributed by atoms with Crippen LogP contribution in [-0.2, 0) is 6.42 Å². The summed E-state index contributed by atoms with van der Waals surface area (Å²) in [7, 11) is 0. The van der Waals surface area contributed by atoms with Gasteiger partial charge >= 0.3 is 0 Å². The van der Waals surface area contributed by atoms with Crippen molar-refractivity contribution in [1.29, 1.82) is 0 Å². The van der Waals surface area contributed by atoms with E-state index in [1.54, 1.807) is 0 Å². The quantitative estimate of drug-likeness (QED) is 0.782. The smallest absolute Gasteiger partial charge is 0.258 e. The van der Waals surface area contributed by atoms with Gasteiger partial charge in [0.1, 0.15) is 0 Å². The fourth-order valence-electron chi connectivity index (χ4n) is 1.56. The predicted octanol–water partition coefficient (Wildman–Crippen LogP) is 1.88. The molecule has 0 bridgehead atoms. The maximum Gasteiger partial charge on any atom is 0.258 e. The van der Waals surface area contributed by atoms with Gasteiger partial charge in [-0.1, -0.05) is 19.4 Å². The van der Waals surface area contributed by atoms with Crippen LogP contribution in [0.4, 0.5) is 0 Å².